The van der Waals surface area contributed by atoms with Crippen molar-refractivity contribution in [3.05, 3.63) is 53.6 Å². The van der Waals surface area contributed by atoms with E-state index >= 15 is 0 Å². The molecule has 2 aliphatic rings. The van der Waals surface area contributed by atoms with Gasteiger partial charge in [0, 0.05) is 28.6 Å². The number of hydrogen-bond acceptors (Lipinski definition) is 5. The molecule has 0 saturated carbocycles. The molecule has 5 amide bonds. The molecule has 11 heteroatoms. The first-order valence-electron chi connectivity index (χ1n) is 9.83. The van der Waals surface area contributed by atoms with Crippen LogP contribution in [0.15, 0.2) is 48.5 Å². The number of ketones is 1. The molecule has 0 unspecified atom stereocenters. The first kappa shape index (κ1) is 21.6. The molecule has 0 aromatic heterocycles. The minimum atomic E-state index is -0.627. The molecule has 32 heavy (non-hydrogen) atoms. The smallest absolute Gasteiger partial charge is 0.341 e. The number of hydrogen-bond donors (Lipinski definition) is 2. The third kappa shape index (κ3) is 4.82. The Hall–Kier alpha value is -3.63. The summed E-state index contributed by atoms with van der Waals surface area (Å²) in [6.45, 7) is 0.514. The van der Waals surface area contributed by atoms with Crippen molar-refractivity contribution in [2.75, 3.05) is 48.4 Å². The number of rotatable bonds is 3. The molecule has 2 heterocycles. The van der Waals surface area contributed by atoms with Crippen molar-refractivity contribution < 1.29 is 23.9 Å². The van der Waals surface area contributed by atoms with Crippen molar-refractivity contribution in [3.63, 3.8) is 0 Å². The van der Waals surface area contributed by atoms with Gasteiger partial charge in [-0.25, -0.2) is 19.6 Å². The summed E-state index contributed by atoms with van der Waals surface area (Å²) >= 11 is 5.84. The average molecular weight is 458 g/mol. The molecule has 2 fully saturated rings. The average Bonchev–Trinajstić information content (AvgIpc) is 3.18. The molecule has 10 nitrogen and oxygen atoms in total. The number of ether oxygens (including phenoxy) is 1. The van der Waals surface area contributed by atoms with Crippen LogP contribution in [-0.2, 0) is 14.3 Å². The van der Waals surface area contributed by atoms with E-state index in [2.05, 4.69) is 10.6 Å². The van der Waals surface area contributed by atoms with E-state index in [1.165, 1.54) is 0 Å². The lowest BCUT2D eigenvalue weighted by atomic mass is 10.2. The van der Waals surface area contributed by atoms with Crippen LogP contribution < -0.4 is 15.5 Å². The van der Waals surface area contributed by atoms with Crippen LogP contribution in [0.4, 0.5) is 26.7 Å². The van der Waals surface area contributed by atoms with Gasteiger partial charge in [0.05, 0.1) is 6.61 Å². The van der Waals surface area contributed by atoms with Crippen molar-refractivity contribution in [1.82, 2.24) is 10.0 Å². The van der Waals surface area contributed by atoms with Crippen LogP contribution in [-0.4, -0.2) is 66.6 Å². The van der Waals surface area contributed by atoms with Gasteiger partial charge in [-0.05, 0) is 48.5 Å². The largest absolute Gasteiger partial charge is 0.370 e. The molecule has 2 saturated heterocycles. The fourth-order valence-electron chi connectivity index (χ4n) is 3.34. The van der Waals surface area contributed by atoms with Crippen LogP contribution in [0.25, 0.3) is 0 Å². The van der Waals surface area contributed by atoms with E-state index in [1.54, 1.807) is 53.4 Å². The Morgan fingerprint density at radius 3 is 1.91 bits per heavy atom. The van der Waals surface area contributed by atoms with Gasteiger partial charge in [-0.15, -0.1) is 0 Å². The summed E-state index contributed by atoms with van der Waals surface area (Å²) in [5.41, 5.74) is 1.63. The predicted octanol–water partition coefficient (Wildman–Crippen LogP) is 2.57. The Labute approximate surface area is 188 Å². The minimum absolute atomic E-state index is 0.0371. The Morgan fingerprint density at radius 2 is 1.38 bits per heavy atom. The molecule has 2 N–H and O–H groups in total. The van der Waals surface area contributed by atoms with Gasteiger partial charge in [0.2, 0.25) is 0 Å². The summed E-state index contributed by atoms with van der Waals surface area (Å²) in [5, 5.41) is 7.92. The normalized spacial score (nSPS) is 16.3. The highest BCUT2D eigenvalue weighted by atomic mass is 35.5. The Morgan fingerprint density at radius 1 is 0.844 bits per heavy atom. The summed E-state index contributed by atoms with van der Waals surface area (Å²) in [6, 6.07) is 11.9. The van der Waals surface area contributed by atoms with E-state index in [0.29, 0.717) is 35.2 Å². The van der Waals surface area contributed by atoms with Gasteiger partial charge in [0.25, 0.3) is 5.91 Å². The molecule has 0 aliphatic carbocycles. The van der Waals surface area contributed by atoms with Crippen molar-refractivity contribution in [3.8, 4) is 0 Å². The zero-order valence-corrected chi connectivity index (χ0v) is 17.7. The minimum Gasteiger partial charge on any atom is -0.370 e. The number of Topliss-reactive ketones (excluding diaryl/α,β-unsaturated/α-hetero) is 1. The van der Waals surface area contributed by atoms with E-state index in [1.807, 2.05) is 0 Å². The number of benzene rings is 2. The summed E-state index contributed by atoms with van der Waals surface area (Å²) in [7, 11) is 0. The number of nitrogens with one attached hydrogen (secondary N) is 2. The molecule has 0 spiro atoms. The second-order valence-corrected chi connectivity index (χ2v) is 7.60. The molecule has 2 aromatic carbocycles. The molecule has 2 aliphatic heterocycles. The number of anilines is 3. The van der Waals surface area contributed by atoms with Gasteiger partial charge in [0.15, 0.2) is 5.78 Å². The van der Waals surface area contributed by atoms with Crippen LogP contribution in [0.5, 0.6) is 0 Å². The number of hydrazine groups is 1. The maximum absolute atomic E-state index is 12.8. The summed E-state index contributed by atoms with van der Waals surface area (Å²) in [5.74, 6) is -0.404. The highest BCUT2D eigenvalue weighted by Gasteiger charge is 2.36. The predicted molar refractivity (Wildman–Crippen MR) is 118 cm³/mol. The molecule has 0 atom stereocenters. The Kier molecular flexibility index (Phi) is 6.24. The number of amides is 5. The Bertz CT molecular complexity index is 1040. The molecule has 0 bridgehead atoms. The van der Waals surface area contributed by atoms with Crippen LogP contribution in [0.1, 0.15) is 0 Å². The topological polar surface area (TPSA) is 111 Å². The van der Waals surface area contributed by atoms with Gasteiger partial charge in [-0.2, -0.15) is 0 Å². The van der Waals surface area contributed by atoms with Crippen LogP contribution in [0, 0.1) is 0 Å². The number of carbonyl (C=O) groups excluding carboxylic acids is 4. The number of carbonyl (C=O) groups is 4. The van der Waals surface area contributed by atoms with E-state index in [9.17, 15) is 19.2 Å². The standard InChI is InChI=1S/C21H20ClN5O5/c22-14-1-3-15(4-2-14)23-20(30)26-11-18(28)12-27(26)21(31)24-16-5-7-17(8-6-16)25-9-10-32-13-19(25)29/h1-8H,9-13H2,(H,23,30)(H,24,31). The van der Waals surface area contributed by atoms with Gasteiger partial charge in [0.1, 0.15) is 19.7 Å². The van der Waals surface area contributed by atoms with E-state index < -0.39 is 12.1 Å². The third-order valence-electron chi connectivity index (χ3n) is 4.92. The van der Waals surface area contributed by atoms with Gasteiger partial charge < -0.3 is 20.3 Å². The lowest BCUT2D eigenvalue weighted by Crippen LogP contribution is -2.48. The van der Waals surface area contributed by atoms with E-state index in [-0.39, 0.29) is 31.4 Å². The van der Waals surface area contributed by atoms with E-state index in [4.69, 9.17) is 16.3 Å². The van der Waals surface area contributed by atoms with Crippen molar-refractivity contribution >= 4 is 52.4 Å². The van der Waals surface area contributed by atoms with Gasteiger partial charge >= 0.3 is 12.1 Å². The third-order valence-corrected chi connectivity index (χ3v) is 5.18. The van der Waals surface area contributed by atoms with Crippen LogP contribution in [0.2, 0.25) is 5.02 Å². The zero-order valence-electron chi connectivity index (χ0n) is 16.9. The quantitative estimate of drug-likeness (QED) is 0.735. The lowest BCUT2D eigenvalue weighted by Gasteiger charge is -2.28. The number of nitrogens with zero attached hydrogens (tertiary/aromatic N) is 3. The van der Waals surface area contributed by atoms with Crippen LogP contribution in [0.3, 0.4) is 0 Å². The molecule has 2 aromatic rings. The van der Waals surface area contributed by atoms with Crippen molar-refractivity contribution in [2.24, 2.45) is 0 Å². The first-order valence-corrected chi connectivity index (χ1v) is 10.2. The summed E-state index contributed by atoms with van der Waals surface area (Å²) in [6.07, 6.45) is 0. The van der Waals surface area contributed by atoms with Gasteiger partial charge in [-0.1, -0.05) is 11.6 Å². The Balaban J connectivity index is 1.41. The fraction of sp³-hybridized carbons (Fsp3) is 0.238. The molecular formula is C21H20ClN5O5. The SMILES string of the molecule is O=C1CN(C(=O)Nc2ccc(Cl)cc2)N(C(=O)Nc2ccc(N3CCOCC3=O)cc2)C1. The molecule has 0 radical (unpaired) electrons. The first-order chi connectivity index (χ1) is 15.4. The number of urea groups is 2. The monoisotopic (exact) mass is 457 g/mol. The molecule has 166 valence electrons. The zero-order chi connectivity index (χ0) is 22.7. The fourth-order valence-corrected chi connectivity index (χ4v) is 3.47. The van der Waals surface area contributed by atoms with E-state index in [0.717, 1.165) is 10.0 Å². The summed E-state index contributed by atoms with van der Waals surface area (Å²) in [4.78, 5) is 50.9. The highest BCUT2D eigenvalue weighted by molar-refractivity contribution is 6.30. The lowest BCUT2D eigenvalue weighted by molar-refractivity contribution is -0.125. The molecular weight excluding hydrogens is 438 g/mol. The van der Waals surface area contributed by atoms with Crippen molar-refractivity contribution in [1.29, 1.82) is 0 Å². The second kappa shape index (κ2) is 9.25. The van der Waals surface area contributed by atoms with Gasteiger partial charge in [-0.3, -0.25) is 9.59 Å². The molecule has 4 rings (SSSR count). The summed E-state index contributed by atoms with van der Waals surface area (Å²) < 4.78 is 5.12. The maximum atomic E-state index is 12.8. The second-order valence-electron chi connectivity index (χ2n) is 7.17. The highest BCUT2D eigenvalue weighted by Crippen LogP contribution is 2.21. The van der Waals surface area contributed by atoms with Crippen LogP contribution >= 0.6 is 11.6 Å². The van der Waals surface area contributed by atoms with Crippen molar-refractivity contribution in [2.45, 2.75) is 0 Å². The number of halogens is 1. The maximum Gasteiger partial charge on any atom is 0.341 e. The number of morpholine rings is 1.